The summed E-state index contributed by atoms with van der Waals surface area (Å²) in [5.74, 6) is 1.31. The summed E-state index contributed by atoms with van der Waals surface area (Å²) in [5.41, 5.74) is 0.604. The molecule has 15 heavy (non-hydrogen) atoms. The highest BCUT2D eigenvalue weighted by Crippen LogP contribution is 2.32. The van der Waals surface area contributed by atoms with Crippen LogP contribution >= 0.6 is 0 Å². The molecule has 0 atom stereocenters. The predicted octanol–water partition coefficient (Wildman–Crippen LogP) is 1.37. The highest BCUT2D eigenvalue weighted by atomic mass is 16.7. The molecule has 2 rings (SSSR count). The first-order valence-corrected chi connectivity index (χ1v) is 4.85. The van der Waals surface area contributed by atoms with E-state index in [2.05, 4.69) is 0 Å². The van der Waals surface area contributed by atoms with Gasteiger partial charge in [0.15, 0.2) is 17.3 Å². The van der Waals surface area contributed by atoms with Crippen molar-refractivity contribution in [1.82, 2.24) is 0 Å². The standard InChI is InChI=1S/C11H12O4/c12-5-1-2-9(13)8-3-4-10-11(6-8)15-7-14-10/h3-4,6,12H,1-2,5,7H2. The second-order valence-electron chi connectivity index (χ2n) is 3.32. The van der Waals surface area contributed by atoms with Crippen LogP contribution in [0.25, 0.3) is 0 Å². The second-order valence-corrected chi connectivity index (χ2v) is 3.32. The van der Waals surface area contributed by atoms with E-state index in [9.17, 15) is 4.79 Å². The first-order valence-electron chi connectivity index (χ1n) is 4.85. The fourth-order valence-corrected chi connectivity index (χ4v) is 1.45. The number of Topliss-reactive ketones (excluding diaryl/α,β-unsaturated/α-hetero) is 1. The van der Waals surface area contributed by atoms with Gasteiger partial charge in [-0.1, -0.05) is 0 Å². The summed E-state index contributed by atoms with van der Waals surface area (Å²) >= 11 is 0. The zero-order valence-corrected chi connectivity index (χ0v) is 8.23. The lowest BCUT2D eigenvalue weighted by molar-refractivity contribution is 0.0971. The quantitative estimate of drug-likeness (QED) is 0.759. The molecule has 0 fully saturated rings. The van der Waals surface area contributed by atoms with Crippen LogP contribution in [0.5, 0.6) is 11.5 Å². The molecule has 1 aliphatic rings. The number of aliphatic hydroxyl groups is 1. The molecule has 0 aromatic heterocycles. The summed E-state index contributed by atoms with van der Waals surface area (Å²) in [5, 5.41) is 8.62. The van der Waals surface area contributed by atoms with Gasteiger partial charge in [-0.05, 0) is 24.6 Å². The van der Waals surface area contributed by atoms with E-state index in [1.54, 1.807) is 18.2 Å². The highest BCUT2D eigenvalue weighted by molar-refractivity contribution is 5.96. The molecule has 0 amide bonds. The van der Waals surface area contributed by atoms with Crippen molar-refractivity contribution in [2.24, 2.45) is 0 Å². The molecule has 0 radical (unpaired) electrons. The third-order valence-corrected chi connectivity index (χ3v) is 2.26. The van der Waals surface area contributed by atoms with Gasteiger partial charge >= 0.3 is 0 Å². The van der Waals surface area contributed by atoms with Crippen molar-refractivity contribution in [3.8, 4) is 11.5 Å². The van der Waals surface area contributed by atoms with Gasteiger partial charge < -0.3 is 14.6 Å². The Morgan fingerprint density at radius 3 is 2.93 bits per heavy atom. The number of hydrogen-bond donors (Lipinski definition) is 1. The van der Waals surface area contributed by atoms with Gasteiger partial charge in [-0.15, -0.1) is 0 Å². The van der Waals surface area contributed by atoms with Crippen LogP contribution in [0.1, 0.15) is 23.2 Å². The van der Waals surface area contributed by atoms with Crippen molar-refractivity contribution in [3.05, 3.63) is 23.8 Å². The molecule has 0 aliphatic carbocycles. The van der Waals surface area contributed by atoms with Gasteiger partial charge in [0.2, 0.25) is 6.79 Å². The fourth-order valence-electron chi connectivity index (χ4n) is 1.45. The predicted molar refractivity (Wildman–Crippen MR) is 53.2 cm³/mol. The Labute approximate surface area is 87.4 Å². The van der Waals surface area contributed by atoms with Crippen LogP contribution in [0, 0.1) is 0 Å². The van der Waals surface area contributed by atoms with E-state index in [0.717, 1.165) is 0 Å². The maximum Gasteiger partial charge on any atom is 0.231 e. The zero-order chi connectivity index (χ0) is 10.7. The van der Waals surface area contributed by atoms with Crippen LogP contribution in [0.3, 0.4) is 0 Å². The maximum absolute atomic E-state index is 11.6. The number of carbonyl (C=O) groups is 1. The van der Waals surface area contributed by atoms with Gasteiger partial charge in [0.25, 0.3) is 0 Å². The van der Waals surface area contributed by atoms with Crippen LogP contribution in [0.2, 0.25) is 0 Å². The SMILES string of the molecule is O=C(CCCO)c1ccc2c(c1)OCO2. The van der Waals surface area contributed by atoms with Crippen LogP contribution < -0.4 is 9.47 Å². The largest absolute Gasteiger partial charge is 0.454 e. The van der Waals surface area contributed by atoms with Gasteiger partial charge in [0, 0.05) is 18.6 Å². The topological polar surface area (TPSA) is 55.8 Å². The summed E-state index contributed by atoms with van der Waals surface area (Å²) in [6, 6.07) is 5.13. The summed E-state index contributed by atoms with van der Waals surface area (Å²) in [7, 11) is 0. The Balaban J connectivity index is 2.12. The average molecular weight is 208 g/mol. The molecule has 4 heteroatoms. The minimum absolute atomic E-state index is 0.0161. The summed E-state index contributed by atoms with van der Waals surface area (Å²) in [6.45, 7) is 0.250. The van der Waals surface area contributed by atoms with E-state index in [0.29, 0.717) is 29.9 Å². The van der Waals surface area contributed by atoms with Crippen molar-refractivity contribution in [3.63, 3.8) is 0 Å². The third-order valence-electron chi connectivity index (χ3n) is 2.26. The molecule has 0 saturated heterocycles. The Morgan fingerprint density at radius 2 is 2.13 bits per heavy atom. The molecular formula is C11H12O4. The van der Waals surface area contributed by atoms with Crippen LogP contribution in [-0.2, 0) is 0 Å². The van der Waals surface area contributed by atoms with Crippen LogP contribution in [0.4, 0.5) is 0 Å². The lowest BCUT2D eigenvalue weighted by atomic mass is 10.1. The molecule has 1 N–H and O–H groups in total. The molecule has 1 heterocycles. The number of hydrogen-bond acceptors (Lipinski definition) is 4. The van der Waals surface area contributed by atoms with Gasteiger partial charge in [-0.3, -0.25) is 4.79 Å². The number of benzene rings is 1. The zero-order valence-electron chi connectivity index (χ0n) is 8.23. The van der Waals surface area contributed by atoms with Crippen molar-refractivity contribution in [1.29, 1.82) is 0 Å². The van der Waals surface area contributed by atoms with Crippen molar-refractivity contribution in [2.75, 3.05) is 13.4 Å². The second kappa shape index (κ2) is 4.31. The maximum atomic E-state index is 11.6. The van der Waals surface area contributed by atoms with E-state index >= 15 is 0 Å². The Bertz CT molecular complexity index is 373. The number of aliphatic hydroxyl groups excluding tert-OH is 1. The molecule has 0 bridgehead atoms. The van der Waals surface area contributed by atoms with Gasteiger partial charge in [-0.25, -0.2) is 0 Å². The third kappa shape index (κ3) is 2.10. The molecule has 0 unspecified atom stereocenters. The Kier molecular flexibility index (Phi) is 2.87. The number of ketones is 1. The lowest BCUT2D eigenvalue weighted by Crippen LogP contribution is -2.00. The van der Waals surface area contributed by atoms with E-state index in [1.807, 2.05) is 0 Å². The minimum Gasteiger partial charge on any atom is -0.454 e. The first kappa shape index (κ1) is 9.98. The minimum atomic E-state index is 0.0161. The molecule has 1 aromatic rings. The number of carbonyl (C=O) groups excluding carboxylic acids is 1. The Morgan fingerprint density at radius 1 is 1.33 bits per heavy atom. The fraction of sp³-hybridized carbons (Fsp3) is 0.364. The van der Waals surface area contributed by atoms with E-state index in [-0.39, 0.29) is 19.2 Å². The monoisotopic (exact) mass is 208 g/mol. The number of ether oxygens (including phenoxy) is 2. The van der Waals surface area contributed by atoms with Crippen LogP contribution in [-0.4, -0.2) is 24.3 Å². The van der Waals surface area contributed by atoms with Gasteiger partial charge in [-0.2, -0.15) is 0 Å². The van der Waals surface area contributed by atoms with Crippen molar-refractivity contribution < 1.29 is 19.4 Å². The summed E-state index contributed by atoms with van der Waals surface area (Å²) in [4.78, 5) is 11.6. The molecule has 4 nitrogen and oxygen atoms in total. The summed E-state index contributed by atoms with van der Waals surface area (Å²) < 4.78 is 10.3. The molecule has 0 saturated carbocycles. The molecule has 1 aliphatic heterocycles. The lowest BCUT2D eigenvalue weighted by Gasteiger charge is -2.01. The van der Waals surface area contributed by atoms with E-state index in [1.165, 1.54) is 0 Å². The van der Waals surface area contributed by atoms with Crippen LogP contribution in [0.15, 0.2) is 18.2 Å². The Hall–Kier alpha value is -1.55. The van der Waals surface area contributed by atoms with E-state index < -0.39 is 0 Å². The average Bonchev–Trinajstić information content (AvgIpc) is 2.72. The number of fused-ring (bicyclic) bond motifs is 1. The van der Waals surface area contributed by atoms with Gasteiger partial charge in [0.1, 0.15) is 0 Å². The van der Waals surface area contributed by atoms with Crippen molar-refractivity contribution in [2.45, 2.75) is 12.8 Å². The first-order chi connectivity index (χ1) is 7.31. The smallest absolute Gasteiger partial charge is 0.231 e. The molecular weight excluding hydrogens is 196 g/mol. The van der Waals surface area contributed by atoms with Gasteiger partial charge in [0.05, 0.1) is 0 Å². The molecule has 1 aromatic carbocycles. The molecule has 80 valence electrons. The summed E-state index contributed by atoms with van der Waals surface area (Å²) in [6.07, 6.45) is 0.851. The molecule has 0 spiro atoms. The normalized spacial score (nSPS) is 12.9. The number of rotatable bonds is 4. The highest BCUT2D eigenvalue weighted by Gasteiger charge is 2.15. The van der Waals surface area contributed by atoms with Crippen molar-refractivity contribution >= 4 is 5.78 Å². The van der Waals surface area contributed by atoms with E-state index in [4.69, 9.17) is 14.6 Å².